The van der Waals surface area contributed by atoms with Gasteiger partial charge in [-0.3, -0.25) is 25.0 Å². The molecule has 1 aromatic heterocycles. The average molecular weight is 499 g/mol. The molecule has 10 heteroatoms. The van der Waals surface area contributed by atoms with Crippen molar-refractivity contribution in [2.24, 2.45) is 5.92 Å². The molecule has 0 radical (unpaired) electrons. The molecule has 0 spiro atoms. The Labute approximate surface area is 213 Å². The van der Waals surface area contributed by atoms with Crippen molar-refractivity contribution in [2.45, 2.75) is 20.4 Å². The lowest BCUT2D eigenvalue weighted by atomic mass is 10.1. The summed E-state index contributed by atoms with van der Waals surface area (Å²) in [6.07, 6.45) is 1.37. The fourth-order valence-electron chi connectivity index (χ4n) is 3.87. The van der Waals surface area contributed by atoms with Crippen LogP contribution in [0.4, 0.5) is 5.82 Å². The third-order valence-corrected chi connectivity index (χ3v) is 6.08. The quantitative estimate of drug-likeness (QED) is 0.499. The number of aromatic nitrogens is 2. The van der Waals surface area contributed by atoms with Crippen LogP contribution in [0.2, 0.25) is 5.02 Å². The number of halogens is 1. The van der Waals surface area contributed by atoms with E-state index in [4.69, 9.17) is 16.9 Å². The highest BCUT2D eigenvalue weighted by molar-refractivity contribution is 6.32. The van der Waals surface area contributed by atoms with Gasteiger partial charge in [-0.15, -0.1) is 0 Å². The molecule has 1 N–H and O–H groups in total. The Hall–Kier alpha value is -2.77. The standard InChI is InChI=1S/C25H35ClN8O/c1-19(2)17-34(24-22(26)16-28-23(15-27)29-24)30-25(35)21-7-5-20(6-8-21)18-33-13-11-32(12-14-33)10-9-31(3)4/h5-8,16,19H,9-14,17-18H2,1-4H3,(H,30,35). The maximum atomic E-state index is 13.0. The number of carbonyl (C=O) groups is 1. The van der Waals surface area contributed by atoms with Crippen molar-refractivity contribution >= 4 is 23.3 Å². The molecule has 1 fully saturated rings. The number of nitriles is 1. The number of amides is 1. The van der Waals surface area contributed by atoms with Gasteiger partial charge < -0.3 is 4.90 Å². The number of likely N-dealkylation sites (N-methyl/N-ethyl adjacent to an activating group) is 1. The van der Waals surface area contributed by atoms with E-state index < -0.39 is 0 Å². The third kappa shape index (κ3) is 8.15. The summed E-state index contributed by atoms with van der Waals surface area (Å²) >= 11 is 6.28. The van der Waals surface area contributed by atoms with Gasteiger partial charge in [0.1, 0.15) is 11.1 Å². The minimum absolute atomic E-state index is 0.00436. The lowest BCUT2D eigenvalue weighted by Crippen LogP contribution is -2.47. The van der Waals surface area contributed by atoms with Crippen molar-refractivity contribution < 1.29 is 4.79 Å². The Balaban J connectivity index is 1.59. The monoisotopic (exact) mass is 498 g/mol. The maximum Gasteiger partial charge on any atom is 0.269 e. The van der Waals surface area contributed by atoms with Gasteiger partial charge in [-0.25, -0.2) is 4.98 Å². The molecular weight excluding hydrogens is 464 g/mol. The number of nitrogens with zero attached hydrogens (tertiary/aromatic N) is 7. The maximum absolute atomic E-state index is 13.0. The van der Waals surface area contributed by atoms with Crippen LogP contribution < -0.4 is 10.4 Å². The number of hydrazine groups is 1. The third-order valence-electron chi connectivity index (χ3n) is 5.82. The Morgan fingerprint density at radius 3 is 2.43 bits per heavy atom. The van der Waals surface area contributed by atoms with Gasteiger partial charge in [-0.2, -0.15) is 10.2 Å². The van der Waals surface area contributed by atoms with E-state index in [1.807, 2.05) is 44.2 Å². The number of rotatable bonds is 10. The second-order valence-electron chi connectivity index (χ2n) is 9.54. The van der Waals surface area contributed by atoms with Gasteiger partial charge in [-0.1, -0.05) is 37.6 Å². The van der Waals surface area contributed by atoms with Gasteiger partial charge in [0.2, 0.25) is 5.82 Å². The highest BCUT2D eigenvalue weighted by atomic mass is 35.5. The number of piperazine rings is 1. The minimum atomic E-state index is -0.264. The van der Waals surface area contributed by atoms with E-state index in [9.17, 15) is 4.79 Å². The Morgan fingerprint density at radius 2 is 1.83 bits per heavy atom. The number of nitrogens with one attached hydrogen (secondary N) is 1. The highest BCUT2D eigenvalue weighted by Crippen LogP contribution is 2.22. The summed E-state index contributed by atoms with van der Waals surface area (Å²) < 4.78 is 0. The van der Waals surface area contributed by atoms with Crippen LogP contribution in [0.5, 0.6) is 0 Å². The normalized spacial score (nSPS) is 14.8. The molecule has 1 amide bonds. The van der Waals surface area contributed by atoms with E-state index in [0.717, 1.165) is 45.8 Å². The molecule has 1 aliphatic rings. The first-order valence-corrected chi connectivity index (χ1v) is 12.3. The van der Waals surface area contributed by atoms with E-state index in [0.29, 0.717) is 17.9 Å². The molecule has 2 heterocycles. The molecule has 2 aromatic rings. The molecule has 1 aliphatic heterocycles. The summed E-state index contributed by atoms with van der Waals surface area (Å²) in [5, 5.41) is 11.0. The van der Waals surface area contributed by atoms with Gasteiger partial charge in [0.15, 0.2) is 5.82 Å². The van der Waals surface area contributed by atoms with Gasteiger partial charge in [-0.05, 0) is 37.7 Å². The molecule has 1 aromatic carbocycles. The van der Waals surface area contributed by atoms with E-state index >= 15 is 0 Å². The lowest BCUT2D eigenvalue weighted by molar-refractivity contribution is 0.0947. The van der Waals surface area contributed by atoms with Crippen LogP contribution in [0, 0.1) is 17.2 Å². The first-order valence-electron chi connectivity index (χ1n) is 11.9. The molecular formula is C25H35ClN8O. The van der Waals surface area contributed by atoms with Crippen LogP contribution in [-0.4, -0.2) is 90.5 Å². The zero-order valence-electron chi connectivity index (χ0n) is 21.0. The molecule has 0 aliphatic carbocycles. The van der Waals surface area contributed by atoms with Crippen molar-refractivity contribution in [3.05, 3.63) is 52.4 Å². The zero-order valence-corrected chi connectivity index (χ0v) is 21.8. The highest BCUT2D eigenvalue weighted by Gasteiger charge is 2.20. The number of hydrogen-bond donors (Lipinski definition) is 1. The molecule has 0 bridgehead atoms. The van der Waals surface area contributed by atoms with Crippen molar-refractivity contribution in [1.82, 2.24) is 30.1 Å². The SMILES string of the molecule is CC(C)CN(NC(=O)c1ccc(CN2CCN(CCN(C)C)CC2)cc1)c1nc(C#N)ncc1Cl. The number of anilines is 1. The van der Waals surface area contributed by atoms with Gasteiger partial charge in [0.25, 0.3) is 5.91 Å². The topological polar surface area (TPSA) is 91.6 Å². The Kier molecular flexibility index (Phi) is 9.81. The average Bonchev–Trinajstić information content (AvgIpc) is 2.83. The van der Waals surface area contributed by atoms with Crippen LogP contribution in [0.25, 0.3) is 0 Å². The van der Waals surface area contributed by atoms with E-state index in [1.54, 1.807) is 5.01 Å². The number of hydrogen-bond acceptors (Lipinski definition) is 8. The largest absolute Gasteiger partial charge is 0.308 e. The number of benzene rings is 1. The van der Waals surface area contributed by atoms with Crippen LogP contribution in [0.15, 0.2) is 30.5 Å². The fourth-order valence-corrected chi connectivity index (χ4v) is 4.06. The van der Waals surface area contributed by atoms with Crippen molar-refractivity contribution in [1.29, 1.82) is 5.26 Å². The zero-order chi connectivity index (χ0) is 25.4. The summed E-state index contributed by atoms with van der Waals surface area (Å²) in [5.41, 5.74) is 4.61. The molecule has 1 saturated heterocycles. The summed E-state index contributed by atoms with van der Waals surface area (Å²) in [6.45, 7) is 11.8. The summed E-state index contributed by atoms with van der Waals surface area (Å²) in [5.74, 6) is 0.259. The summed E-state index contributed by atoms with van der Waals surface area (Å²) in [4.78, 5) is 28.3. The molecule has 0 atom stereocenters. The molecule has 0 unspecified atom stereocenters. The predicted molar refractivity (Wildman–Crippen MR) is 138 cm³/mol. The second kappa shape index (κ2) is 12.8. The molecule has 188 valence electrons. The van der Waals surface area contributed by atoms with Crippen molar-refractivity contribution in [2.75, 3.05) is 64.9 Å². The number of carbonyl (C=O) groups excluding carboxylic acids is 1. The Morgan fingerprint density at radius 1 is 1.17 bits per heavy atom. The molecule has 0 saturated carbocycles. The Bertz CT molecular complexity index is 1010. The molecule has 9 nitrogen and oxygen atoms in total. The van der Waals surface area contributed by atoms with Gasteiger partial charge >= 0.3 is 0 Å². The van der Waals surface area contributed by atoms with Crippen molar-refractivity contribution in [3.8, 4) is 6.07 Å². The van der Waals surface area contributed by atoms with Crippen LogP contribution in [0.1, 0.15) is 35.6 Å². The molecule has 35 heavy (non-hydrogen) atoms. The summed E-state index contributed by atoms with van der Waals surface area (Å²) in [7, 11) is 4.22. The first kappa shape index (κ1) is 26.8. The smallest absolute Gasteiger partial charge is 0.269 e. The van der Waals surface area contributed by atoms with Gasteiger partial charge in [0.05, 0.1) is 6.20 Å². The summed E-state index contributed by atoms with van der Waals surface area (Å²) in [6, 6.07) is 9.60. The predicted octanol–water partition coefficient (Wildman–Crippen LogP) is 2.49. The molecule has 3 rings (SSSR count). The first-order chi connectivity index (χ1) is 16.7. The fraction of sp³-hybridized carbons (Fsp3) is 0.520. The van der Waals surface area contributed by atoms with Crippen molar-refractivity contribution in [3.63, 3.8) is 0 Å². The van der Waals surface area contributed by atoms with Gasteiger partial charge in [0, 0.05) is 57.9 Å². The van der Waals surface area contributed by atoms with Crippen LogP contribution >= 0.6 is 11.6 Å². The van der Waals surface area contributed by atoms with E-state index in [-0.39, 0.29) is 22.7 Å². The lowest BCUT2D eigenvalue weighted by Gasteiger charge is -2.35. The minimum Gasteiger partial charge on any atom is -0.308 e. The van der Waals surface area contributed by atoms with E-state index in [2.05, 4.69) is 44.2 Å². The van der Waals surface area contributed by atoms with Crippen LogP contribution in [-0.2, 0) is 6.54 Å². The van der Waals surface area contributed by atoms with E-state index in [1.165, 1.54) is 11.8 Å². The van der Waals surface area contributed by atoms with Crippen LogP contribution in [0.3, 0.4) is 0 Å². The second-order valence-corrected chi connectivity index (χ2v) is 9.95.